The van der Waals surface area contributed by atoms with E-state index in [4.69, 9.17) is 10.5 Å². The van der Waals surface area contributed by atoms with Gasteiger partial charge >= 0.3 is 0 Å². The molecule has 9 N–H and O–H groups in total. The van der Waals surface area contributed by atoms with E-state index in [-0.39, 0.29) is 18.4 Å². The number of aliphatic hydroxyl groups excluding tert-OH is 2. The van der Waals surface area contributed by atoms with Crippen LogP contribution in [-0.4, -0.2) is 122 Å². The average Bonchev–Trinajstić information content (AvgIpc) is 3.52. The molecule has 1 saturated carbocycles. The lowest BCUT2D eigenvalue weighted by molar-refractivity contribution is -0.106. The van der Waals surface area contributed by atoms with Gasteiger partial charge in [-0.3, -0.25) is 16.0 Å². The summed E-state index contributed by atoms with van der Waals surface area (Å²) in [6, 6.07) is 0.796. The van der Waals surface area contributed by atoms with Gasteiger partial charge in [0.1, 0.15) is 24.5 Å². The van der Waals surface area contributed by atoms with E-state index in [9.17, 15) is 10.2 Å². The van der Waals surface area contributed by atoms with Crippen molar-refractivity contribution in [3.05, 3.63) is 0 Å². The highest BCUT2D eigenvalue weighted by Gasteiger charge is 2.51. The lowest BCUT2D eigenvalue weighted by Gasteiger charge is -2.38. The first-order valence-electron chi connectivity index (χ1n) is 13.4. The second-order valence-corrected chi connectivity index (χ2v) is 11.0. The van der Waals surface area contributed by atoms with Crippen LogP contribution in [0.2, 0.25) is 0 Å². The summed E-state index contributed by atoms with van der Waals surface area (Å²) < 4.78 is 6.19. The SMILES string of the molecule is CN(CCNCCC1CNC2CCCCC12)C[C@H]1O[C@@H](N2CNC3C(N)NCNC32)[C@H](O)[C@@H]1O. The molecule has 11 heteroatoms. The van der Waals surface area contributed by atoms with Gasteiger partial charge in [-0.25, -0.2) is 4.90 Å². The number of nitrogens with two attached hydrogens (primary N) is 1. The summed E-state index contributed by atoms with van der Waals surface area (Å²) in [6.45, 7) is 5.76. The maximum Gasteiger partial charge on any atom is 0.142 e. The first kappa shape index (κ1) is 25.2. The Labute approximate surface area is 203 Å². The number of likely N-dealkylation sites (N-methyl/N-ethyl adjacent to an activating group) is 1. The van der Waals surface area contributed by atoms with Crippen molar-refractivity contribution in [2.75, 3.05) is 53.1 Å². The van der Waals surface area contributed by atoms with E-state index in [0.29, 0.717) is 19.9 Å². The van der Waals surface area contributed by atoms with Gasteiger partial charge in [0.05, 0.1) is 25.0 Å². The Morgan fingerprint density at radius 2 is 1.94 bits per heavy atom. The standard InChI is InChI=1S/C23H46N8O3/c1-30(9-8-25-7-6-14-10-26-16-5-3-2-4-15(14)16)11-17-19(32)20(33)23(34-17)31-13-29-18-21(24)27-12-28-22(18)31/h14-23,25-29,32-33H,2-13,24H2,1H3/t14?,15?,16?,17-,18?,19-,20-,21?,22?,23-/m1/s1. The number of hydrogen-bond donors (Lipinski definition) is 8. The van der Waals surface area contributed by atoms with Crippen molar-refractivity contribution in [3.63, 3.8) is 0 Å². The van der Waals surface area contributed by atoms with Crippen molar-refractivity contribution in [1.82, 2.24) is 36.4 Å². The summed E-state index contributed by atoms with van der Waals surface area (Å²) >= 11 is 0. The van der Waals surface area contributed by atoms with Crippen LogP contribution < -0.4 is 32.3 Å². The predicted octanol–water partition coefficient (Wildman–Crippen LogP) is -2.88. The van der Waals surface area contributed by atoms with Crippen LogP contribution in [0.1, 0.15) is 32.1 Å². The summed E-state index contributed by atoms with van der Waals surface area (Å²) in [5, 5.41) is 38.7. The minimum atomic E-state index is -0.950. The summed E-state index contributed by atoms with van der Waals surface area (Å²) in [5.74, 6) is 1.70. The zero-order valence-electron chi connectivity index (χ0n) is 20.5. The van der Waals surface area contributed by atoms with Crippen LogP contribution in [0.5, 0.6) is 0 Å². The summed E-state index contributed by atoms with van der Waals surface area (Å²) in [5.41, 5.74) is 6.16. The fourth-order valence-electron chi connectivity index (χ4n) is 6.83. The van der Waals surface area contributed by atoms with Gasteiger partial charge in [0.15, 0.2) is 0 Å². The molecular weight excluding hydrogens is 436 g/mol. The number of nitrogens with one attached hydrogen (secondary N) is 5. The highest BCUT2D eigenvalue weighted by atomic mass is 16.6. The van der Waals surface area contributed by atoms with Crippen molar-refractivity contribution in [3.8, 4) is 0 Å². The van der Waals surface area contributed by atoms with Crippen molar-refractivity contribution in [2.24, 2.45) is 17.6 Å². The number of ether oxygens (including phenoxy) is 1. The van der Waals surface area contributed by atoms with Crippen LogP contribution in [0.4, 0.5) is 0 Å². The van der Waals surface area contributed by atoms with Gasteiger partial charge in [0, 0.05) is 32.3 Å². The molecule has 0 bridgehead atoms. The Balaban J connectivity index is 1.01. The molecule has 0 amide bonds. The molecule has 0 aromatic rings. The largest absolute Gasteiger partial charge is 0.387 e. The van der Waals surface area contributed by atoms with Gasteiger partial charge < -0.3 is 36.2 Å². The van der Waals surface area contributed by atoms with Crippen molar-refractivity contribution >= 4 is 0 Å². The molecule has 0 aromatic heterocycles. The van der Waals surface area contributed by atoms with Crippen LogP contribution in [0.25, 0.3) is 0 Å². The van der Waals surface area contributed by atoms with Crippen LogP contribution >= 0.6 is 0 Å². The van der Waals surface area contributed by atoms with E-state index in [1.54, 1.807) is 0 Å². The Bertz CT molecular complexity index is 662. The number of nitrogens with zero attached hydrogens (tertiary/aromatic N) is 2. The number of hydrogen-bond acceptors (Lipinski definition) is 11. The molecule has 11 nitrogen and oxygen atoms in total. The average molecular weight is 483 g/mol. The second-order valence-electron chi connectivity index (χ2n) is 11.0. The molecular formula is C23H46N8O3. The van der Waals surface area contributed by atoms with Crippen LogP contribution in [0.15, 0.2) is 0 Å². The van der Waals surface area contributed by atoms with Crippen LogP contribution in [-0.2, 0) is 4.74 Å². The van der Waals surface area contributed by atoms with Crippen molar-refractivity contribution < 1.29 is 14.9 Å². The van der Waals surface area contributed by atoms with Gasteiger partial charge in [-0.05, 0) is 51.2 Å². The molecule has 6 unspecified atom stereocenters. The van der Waals surface area contributed by atoms with Crippen molar-refractivity contribution in [1.29, 1.82) is 0 Å². The lowest BCUT2D eigenvalue weighted by Crippen LogP contribution is -2.68. The zero-order chi connectivity index (χ0) is 23.7. The smallest absolute Gasteiger partial charge is 0.142 e. The topological polar surface area (TPSA) is 142 Å². The molecule has 0 radical (unpaired) electrons. The first-order chi connectivity index (χ1) is 16.5. The van der Waals surface area contributed by atoms with Gasteiger partial charge in [-0.1, -0.05) is 12.8 Å². The minimum absolute atomic E-state index is 0.0264. The molecule has 0 spiro atoms. The van der Waals surface area contributed by atoms with Gasteiger partial charge in [-0.15, -0.1) is 0 Å². The molecule has 0 aromatic carbocycles. The monoisotopic (exact) mass is 482 g/mol. The number of fused-ring (bicyclic) bond motifs is 2. The van der Waals surface area contributed by atoms with E-state index in [0.717, 1.165) is 37.5 Å². The Morgan fingerprint density at radius 3 is 2.82 bits per heavy atom. The van der Waals surface area contributed by atoms with E-state index in [1.165, 1.54) is 38.6 Å². The highest BCUT2D eigenvalue weighted by molar-refractivity contribution is 5.02. The van der Waals surface area contributed by atoms with Crippen LogP contribution in [0, 0.1) is 11.8 Å². The van der Waals surface area contributed by atoms with Gasteiger partial charge in [0.2, 0.25) is 0 Å². The maximum atomic E-state index is 10.7. The molecule has 4 heterocycles. The zero-order valence-corrected chi connectivity index (χ0v) is 20.5. The minimum Gasteiger partial charge on any atom is -0.387 e. The molecule has 4 saturated heterocycles. The Hall–Kier alpha value is -0.440. The fourth-order valence-corrected chi connectivity index (χ4v) is 6.83. The third kappa shape index (κ3) is 5.30. The summed E-state index contributed by atoms with van der Waals surface area (Å²) in [4.78, 5) is 4.21. The van der Waals surface area contributed by atoms with Crippen molar-refractivity contribution in [2.45, 2.75) is 81.1 Å². The van der Waals surface area contributed by atoms with Gasteiger partial charge in [0.25, 0.3) is 0 Å². The van der Waals surface area contributed by atoms with E-state index < -0.39 is 24.5 Å². The lowest BCUT2D eigenvalue weighted by atomic mass is 9.79. The third-order valence-corrected chi connectivity index (χ3v) is 8.83. The van der Waals surface area contributed by atoms with E-state index in [1.807, 2.05) is 11.9 Å². The Morgan fingerprint density at radius 1 is 1.09 bits per heavy atom. The molecule has 4 aliphatic heterocycles. The normalized spacial score (nSPS) is 45.1. The molecule has 5 fully saturated rings. The Kier molecular flexibility index (Phi) is 8.39. The second kappa shape index (κ2) is 11.3. The molecule has 5 aliphatic rings. The fraction of sp³-hybridized carbons (Fsp3) is 1.00. The summed E-state index contributed by atoms with van der Waals surface area (Å²) in [6.07, 6.45) is 3.75. The molecule has 196 valence electrons. The highest BCUT2D eigenvalue weighted by Crippen LogP contribution is 2.36. The summed E-state index contributed by atoms with van der Waals surface area (Å²) in [7, 11) is 2.05. The molecule has 1 aliphatic carbocycles. The van der Waals surface area contributed by atoms with Gasteiger partial charge in [-0.2, -0.15) is 0 Å². The quantitative estimate of drug-likeness (QED) is 0.161. The molecule has 5 rings (SSSR count). The maximum absolute atomic E-state index is 10.7. The predicted molar refractivity (Wildman–Crippen MR) is 129 cm³/mol. The van der Waals surface area contributed by atoms with E-state index >= 15 is 0 Å². The van der Waals surface area contributed by atoms with Crippen LogP contribution in [0.3, 0.4) is 0 Å². The molecule has 10 atom stereocenters. The first-order valence-corrected chi connectivity index (χ1v) is 13.4. The van der Waals surface area contributed by atoms with E-state index in [2.05, 4.69) is 31.5 Å². The third-order valence-electron chi connectivity index (χ3n) is 8.83. The number of rotatable bonds is 9. The molecule has 34 heavy (non-hydrogen) atoms. The number of aliphatic hydroxyl groups is 2.